The Bertz CT molecular complexity index is 336. The van der Waals surface area contributed by atoms with Gasteiger partial charge in [-0.3, -0.25) is 0 Å². The Morgan fingerprint density at radius 3 is 2.71 bits per heavy atom. The third kappa shape index (κ3) is 2.83. The number of hydrogen-bond acceptors (Lipinski definition) is 3. The van der Waals surface area contributed by atoms with E-state index in [-0.39, 0.29) is 11.3 Å². The van der Waals surface area contributed by atoms with Crippen LogP contribution in [0, 0.1) is 0 Å². The summed E-state index contributed by atoms with van der Waals surface area (Å²) in [4.78, 5) is 0. The molecule has 2 unspecified atom stereocenters. The van der Waals surface area contributed by atoms with Crippen molar-refractivity contribution in [3.05, 3.63) is 0 Å². The zero-order valence-corrected chi connectivity index (χ0v) is 11.5. The quantitative estimate of drug-likeness (QED) is 0.833. The van der Waals surface area contributed by atoms with Crippen LogP contribution < -0.4 is 5.32 Å². The molecule has 5 heteroatoms. The maximum absolute atomic E-state index is 12.6. The van der Waals surface area contributed by atoms with E-state index in [2.05, 4.69) is 12.2 Å². The van der Waals surface area contributed by atoms with Crippen molar-refractivity contribution in [2.45, 2.75) is 56.7 Å². The summed E-state index contributed by atoms with van der Waals surface area (Å²) >= 11 is 0. The SMILES string of the molecule is CCC1CCCCN1S(=O)(=O)C1CCCNC1. The topological polar surface area (TPSA) is 49.4 Å². The summed E-state index contributed by atoms with van der Waals surface area (Å²) in [5, 5.41) is 3.02. The second-order valence-electron chi connectivity index (χ2n) is 5.18. The Balaban J connectivity index is 2.11. The van der Waals surface area contributed by atoms with Gasteiger partial charge in [-0.05, 0) is 38.6 Å². The lowest BCUT2D eigenvalue weighted by atomic mass is 10.0. The van der Waals surface area contributed by atoms with Gasteiger partial charge in [-0.25, -0.2) is 8.42 Å². The zero-order valence-electron chi connectivity index (χ0n) is 10.7. The van der Waals surface area contributed by atoms with Gasteiger partial charge >= 0.3 is 0 Å². The van der Waals surface area contributed by atoms with Crippen molar-refractivity contribution < 1.29 is 8.42 Å². The fourth-order valence-corrected chi connectivity index (χ4v) is 5.21. The van der Waals surface area contributed by atoms with E-state index in [0.29, 0.717) is 6.54 Å². The lowest BCUT2D eigenvalue weighted by Gasteiger charge is -2.37. The first-order valence-electron chi connectivity index (χ1n) is 6.87. The number of nitrogens with zero attached hydrogens (tertiary/aromatic N) is 1. The molecular weight excluding hydrogens is 236 g/mol. The fraction of sp³-hybridized carbons (Fsp3) is 1.00. The lowest BCUT2D eigenvalue weighted by molar-refractivity contribution is 0.242. The van der Waals surface area contributed by atoms with Crippen molar-refractivity contribution in [2.24, 2.45) is 0 Å². The number of piperidine rings is 2. The zero-order chi connectivity index (χ0) is 12.3. The third-order valence-electron chi connectivity index (χ3n) is 4.04. The highest BCUT2D eigenvalue weighted by Crippen LogP contribution is 2.26. The molecule has 0 aromatic heterocycles. The van der Waals surface area contributed by atoms with Crippen molar-refractivity contribution in [1.29, 1.82) is 0 Å². The van der Waals surface area contributed by atoms with E-state index < -0.39 is 10.0 Å². The summed E-state index contributed by atoms with van der Waals surface area (Å²) < 4.78 is 27.0. The highest BCUT2D eigenvalue weighted by molar-refractivity contribution is 7.89. The van der Waals surface area contributed by atoms with Crippen LogP contribution in [-0.4, -0.2) is 43.6 Å². The number of nitrogens with one attached hydrogen (secondary N) is 1. The van der Waals surface area contributed by atoms with Crippen molar-refractivity contribution in [2.75, 3.05) is 19.6 Å². The Kier molecular flexibility index (Phi) is 4.44. The van der Waals surface area contributed by atoms with Crippen molar-refractivity contribution in [3.8, 4) is 0 Å². The fourth-order valence-electron chi connectivity index (χ4n) is 2.98. The highest BCUT2D eigenvalue weighted by Gasteiger charge is 2.37. The molecule has 2 atom stereocenters. The Morgan fingerprint density at radius 1 is 1.24 bits per heavy atom. The second-order valence-corrected chi connectivity index (χ2v) is 7.35. The molecule has 0 aromatic carbocycles. The van der Waals surface area contributed by atoms with Crippen LogP contribution in [0.4, 0.5) is 0 Å². The largest absolute Gasteiger partial charge is 0.315 e. The number of rotatable bonds is 3. The van der Waals surface area contributed by atoms with Gasteiger partial charge < -0.3 is 5.32 Å². The number of sulfonamides is 1. The molecule has 2 fully saturated rings. The van der Waals surface area contributed by atoms with Gasteiger partial charge in [0.2, 0.25) is 10.0 Å². The first-order chi connectivity index (χ1) is 8.16. The van der Waals surface area contributed by atoms with E-state index in [9.17, 15) is 8.42 Å². The van der Waals surface area contributed by atoms with Crippen molar-refractivity contribution in [3.63, 3.8) is 0 Å². The molecule has 2 rings (SSSR count). The molecule has 2 aliphatic rings. The highest BCUT2D eigenvalue weighted by atomic mass is 32.2. The number of hydrogen-bond donors (Lipinski definition) is 1. The van der Waals surface area contributed by atoms with E-state index in [0.717, 1.165) is 45.2 Å². The van der Waals surface area contributed by atoms with Crippen LogP contribution in [0.3, 0.4) is 0 Å². The third-order valence-corrected chi connectivity index (χ3v) is 6.42. The molecule has 0 saturated carbocycles. The maximum Gasteiger partial charge on any atom is 0.218 e. The van der Waals surface area contributed by atoms with Gasteiger partial charge in [0.25, 0.3) is 0 Å². The molecule has 17 heavy (non-hydrogen) atoms. The summed E-state index contributed by atoms with van der Waals surface area (Å²) in [6.45, 7) is 4.42. The molecule has 2 aliphatic heterocycles. The maximum atomic E-state index is 12.6. The standard InChI is InChI=1S/C12H24N2O2S/c1-2-11-6-3-4-9-14(11)17(15,16)12-7-5-8-13-10-12/h11-13H,2-10H2,1H3. The Morgan fingerprint density at radius 2 is 2.06 bits per heavy atom. The molecular formula is C12H24N2O2S. The molecule has 0 bridgehead atoms. The van der Waals surface area contributed by atoms with Gasteiger partial charge in [-0.2, -0.15) is 4.31 Å². The van der Waals surface area contributed by atoms with Gasteiger partial charge in [0.1, 0.15) is 0 Å². The normalized spacial score (nSPS) is 32.5. The predicted octanol–water partition coefficient (Wildman–Crippen LogP) is 1.33. The van der Waals surface area contributed by atoms with Gasteiger partial charge in [0.15, 0.2) is 0 Å². The van der Waals surface area contributed by atoms with Crippen LogP contribution in [0.5, 0.6) is 0 Å². The second kappa shape index (κ2) is 5.67. The molecule has 0 amide bonds. The Labute approximate surface area is 105 Å². The summed E-state index contributed by atoms with van der Waals surface area (Å²) in [7, 11) is -3.08. The van der Waals surface area contributed by atoms with Gasteiger partial charge in [0, 0.05) is 19.1 Å². The Hall–Kier alpha value is -0.130. The molecule has 0 spiro atoms. The van der Waals surface area contributed by atoms with Crippen molar-refractivity contribution >= 4 is 10.0 Å². The average molecular weight is 260 g/mol. The van der Waals surface area contributed by atoms with E-state index in [1.807, 2.05) is 0 Å². The van der Waals surface area contributed by atoms with Gasteiger partial charge in [-0.1, -0.05) is 13.3 Å². The van der Waals surface area contributed by atoms with Crippen LogP contribution in [-0.2, 0) is 10.0 Å². The minimum Gasteiger partial charge on any atom is -0.315 e. The average Bonchev–Trinajstić information content (AvgIpc) is 2.39. The van der Waals surface area contributed by atoms with E-state index in [1.54, 1.807) is 4.31 Å². The van der Waals surface area contributed by atoms with Crippen LogP contribution in [0.1, 0.15) is 45.4 Å². The first-order valence-corrected chi connectivity index (χ1v) is 8.38. The molecule has 0 aliphatic carbocycles. The van der Waals surface area contributed by atoms with E-state index in [4.69, 9.17) is 0 Å². The smallest absolute Gasteiger partial charge is 0.218 e. The van der Waals surface area contributed by atoms with Gasteiger partial charge in [0.05, 0.1) is 5.25 Å². The lowest BCUT2D eigenvalue weighted by Crippen LogP contribution is -2.51. The molecule has 0 radical (unpaired) electrons. The summed E-state index contributed by atoms with van der Waals surface area (Å²) in [5.41, 5.74) is 0. The van der Waals surface area contributed by atoms with Crippen LogP contribution >= 0.6 is 0 Å². The van der Waals surface area contributed by atoms with Crippen LogP contribution in [0.2, 0.25) is 0 Å². The summed E-state index contributed by atoms with van der Waals surface area (Å²) in [6, 6.07) is 0.246. The minimum atomic E-state index is -3.08. The first kappa shape index (κ1) is 13.3. The van der Waals surface area contributed by atoms with Crippen molar-refractivity contribution in [1.82, 2.24) is 9.62 Å². The van der Waals surface area contributed by atoms with Gasteiger partial charge in [-0.15, -0.1) is 0 Å². The molecule has 100 valence electrons. The molecule has 0 aromatic rings. The molecule has 2 heterocycles. The molecule has 1 N–H and O–H groups in total. The molecule has 2 saturated heterocycles. The molecule has 4 nitrogen and oxygen atoms in total. The monoisotopic (exact) mass is 260 g/mol. The van der Waals surface area contributed by atoms with Crippen LogP contribution in [0.15, 0.2) is 0 Å². The van der Waals surface area contributed by atoms with Crippen LogP contribution in [0.25, 0.3) is 0 Å². The summed E-state index contributed by atoms with van der Waals surface area (Å²) in [6.07, 6.45) is 5.98. The van der Waals surface area contributed by atoms with E-state index >= 15 is 0 Å². The minimum absolute atomic E-state index is 0.191. The predicted molar refractivity (Wildman–Crippen MR) is 69.4 cm³/mol. The van der Waals surface area contributed by atoms with E-state index in [1.165, 1.54) is 6.42 Å². The summed E-state index contributed by atoms with van der Waals surface area (Å²) in [5.74, 6) is 0.